The fraction of sp³-hybridized carbons (Fsp3) is 0.364. The Labute approximate surface area is 174 Å². The Morgan fingerprint density at radius 1 is 1.20 bits per heavy atom. The summed E-state index contributed by atoms with van der Waals surface area (Å²) in [5, 5.41) is 0. The van der Waals surface area contributed by atoms with Gasteiger partial charge in [0.15, 0.2) is 0 Å². The molecule has 8 heteroatoms. The van der Waals surface area contributed by atoms with Crippen molar-refractivity contribution in [3.8, 4) is 11.3 Å². The summed E-state index contributed by atoms with van der Waals surface area (Å²) in [5.41, 5.74) is 3.12. The number of ether oxygens (including phenoxy) is 2. The zero-order valence-corrected chi connectivity index (χ0v) is 16.9. The van der Waals surface area contributed by atoms with Crippen LogP contribution in [0, 0.1) is 5.82 Å². The van der Waals surface area contributed by atoms with E-state index in [4.69, 9.17) is 9.47 Å². The molecule has 0 unspecified atom stereocenters. The molecule has 30 heavy (non-hydrogen) atoms. The fourth-order valence-electron chi connectivity index (χ4n) is 3.39. The number of halogens is 1. The topological polar surface area (TPSA) is 73.3 Å². The summed E-state index contributed by atoms with van der Waals surface area (Å²) in [6.45, 7) is 3.45. The smallest absolute Gasteiger partial charge is 0.130 e. The van der Waals surface area contributed by atoms with Crippen molar-refractivity contribution in [3.63, 3.8) is 0 Å². The van der Waals surface area contributed by atoms with Gasteiger partial charge < -0.3 is 9.47 Å². The highest BCUT2D eigenvalue weighted by molar-refractivity contribution is 5.58. The second-order valence-electron chi connectivity index (χ2n) is 7.18. The molecule has 4 rings (SSSR count). The van der Waals surface area contributed by atoms with Gasteiger partial charge >= 0.3 is 0 Å². The van der Waals surface area contributed by atoms with Gasteiger partial charge in [-0.2, -0.15) is 0 Å². The molecule has 0 spiro atoms. The van der Waals surface area contributed by atoms with Gasteiger partial charge in [0.1, 0.15) is 17.7 Å². The van der Waals surface area contributed by atoms with Gasteiger partial charge in [-0.3, -0.25) is 9.88 Å². The lowest BCUT2D eigenvalue weighted by molar-refractivity contribution is -0.0351. The van der Waals surface area contributed by atoms with E-state index >= 15 is 0 Å². The van der Waals surface area contributed by atoms with E-state index in [9.17, 15) is 4.39 Å². The lowest BCUT2D eigenvalue weighted by Crippen LogP contribution is -2.38. The lowest BCUT2D eigenvalue weighted by Gasteiger charge is -2.32. The minimum absolute atomic E-state index is 0.193. The number of hydrogen-bond donors (Lipinski definition) is 0. The molecule has 0 bridgehead atoms. The third-order valence-electron chi connectivity index (χ3n) is 4.95. The van der Waals surface area contributed by atoms with E-state index in [-0.39, 0.29) is 11.9 Å². The number of benzene rings is 1. The van der Waals surface area contributed by atoms with Crippen molar-refractivity contribution in [2.75, 3.05) is 33.4 Å². The van der Waals surface area contributed by atoms with Crippen LogP contribution in [0.25, 0.3) is 11.3 Å². The van der Waals surface area contributed by atoms with E-state index in [0.29, 0.717) is 37.4 Å². The zero-order valence-electron chi connectivity index (χ0n) is 16.9. The van der Waals surface area contributed by atoms with Crippen LogP contribution in [0.2, 0.25) is 0 Å². The summed E-state index contributed by atoms with van der Waals surface area (Å²) in [6.07, 6.45) is 7.60. The van der Waals surface area contributed by atoms with Crippen LogP contribution in [-0.2, 0) is 22.4 Å². The van der Waals surface area contributed by atoms with Crippen molar-refractivity contribution in [3.05, 3.63) is 72.0 Å². The van der Waals surface area contributed by atoms with Gasteiger partial charge in [0, 0.05) is 56.7 Å². The SMILES string of the molecule is COCCc1ncc(CN2CCO[C@H](c3cncc(-c4cccc(F)c4)n3)C2)cn1. The van der Waals surface area contributed by atoms with Crippen molar-refractivity contribution in [2.24, 2.45) is 0 Å². The first-order valence-corrected chi connectivity index (χ1v) is 9.92. The first kappa shape index (κ1) is 20.5. The molecule has 3 heterocycles. The molecule has 0 N–H and O–H groups in total. The van der Waals surface area contributed by atoms with Crippen LogP contribution in [0.3, 0.4) is 0 Å². The van der Waals surface area contributed by atoms with E-state index in [1.807, 2.05) is 18.5 Å². The molecule has 1 fully saturated rings. The molecule has 7 nitrogen and oxygen atoms in total. The molecule has 2 aromatic heterocycles. The van der Waals surface area contributed by atoms with E-state index in [0.717, 1.165) is 30.2 Å². The molecule has 156 valence electrons. The number of methoxy groups -OCH3 is 1. The van der Waals surface area contributed by atoms with Crippen LogP contribution in [0.5, 0.6) is 0 Å². The molecule has 0 aliphatic carbocycles. The second-order valence-corrected chi connectivity index (χ2v) is 7.18. The molecular formula is C22H24FN5O2. The van der Waals surface area contributed by atoms with Crippen LogP contribution in [0.4, 0.5) is 4.39 Å². The minimum atomic E-state index is -0.296. The highest BCUT2D eigenvalue weighted by atomic mass is 19.1. The standard InChI is InChI=1S/C22H24FN5O2/c1-29-7-5-22-25-10-16(11-26-22)14-28-6-8-30-21(15-28)20-13-24-12-19(27-20)17-3-2-4-18(23)9-17/h2-4,9-13,21H,5-8,14-15H2,1H3/t21-/m0/s1. The molecule has 0 amide bonds. The molecular weight excluding hydrogens is 385 g/mol. The van der Waals surface area contributed by atoms with E-state index in [2.05, 4.69) is 24.8 Å². The van der Waals surface area contributed by atoms with Gasteiger partial charge in [-0.15, -0.1) is 0 Å². The van der Waals surface area contributed by atoms with Crippen molar-refractivity contribution in [1.82, 2.24) is 24.8 Å². The van der Waals surface area contributed by atoms with Gasteiger partial charge in [-0.1, -0.05) is 12.1 Å². The molecule has 1 atom stereocenters. The largest absolute Gasteiger partial charge is 0.384 e. The monoisotopic (exact) mass is 409 g/mol. The summed E-state index contributed by atoms with van der Waals surface area (Å²) in [6, 6.07) is 6.36. The van der Waals surface area contributed by atoms with E-state index in [1.54, 1.807) is 25.6 Å². The average Bonchev–Trinajstić information content (AvgIpc) is 2.79. The maximum absolute atomic E-state index is 13.6. The molecule has 1 aliphatic rings. The highest BCUT2D eigenvalue weighted by Gasteiger charge is 2.24. The lowest BCUT2D eigenvalue weighted by atomic mass is 10.1. The number of hydrogen-bond acceptors (Lipinski definition) is 7. The zero-order chi connectivity index (χ0) is 20.8. The number of aromatic nitrogens is 4. The highest BCUT2D eigenvalue weighted by Crippen LogP contribution is 2.24. The summed E-state index contributed by atoms with van der Waals surface area (Å²) in [5.74, 6) is 0.486. The quantitative estimate of drug-likeness (QED) is 0.594. The minimum Gasteiger partial charge on any atom is -0.384 e. The Kier molecular flexibility index (Phi) is 6.68. The molecule has 3 aromatic rings. The van der Waals surface area contributed by atoms with Crippen molar-refractivity contribution in [2.45, 2.75) is 19.1 Å². The first-order chi connectivity index (χ1) is 14.7. The second kappa shape index (κ2) is 9.80. The van der Waals surface area contributed by atoms with Gasteiger partial charge in [0.25, 0.3) is 0 Å². The Morgan fingerprint density at radius 2 is 2.07 bits per heavy atom. The fourth-order valence-corrected chi connectivity index (χ4v) is 3.39. The Balaban J connectivity index is 1.42. The molecule has 1 saturated heterocycles. The van der Waals surface area contributed by atoms with Crippen LogP contribution < -0.4 is 0 Å². The Bertz CT molecular complexity index is 970. The third kappa shape index (κ3) is 5.21. The van der Waals surface area contributed by atoms with E-state index < -0.39 is 0 Å². The summed E-state index contributed by atoms with van der Waals surface area (Å²) in [7, 11) is 1.67. The number of morpholine rings is 1. The molecule has 0 radical (unpaired) electrons. The van der Waals surface area contributed by atoms with Crippen LogP contribution in [0.1, 0.15) is 23.2 Å². The predicted octanol–water partition coefficient (Wildman–Crippen LogP) is 2.84. The van der Waals surface area contributed by atoms with Crippen LogP contribution in [-0.4, -0.2) is 58.2 Å². The first-order valence-electron chi connectivity index (χ1n) is 9.92. The van der Waals surface area contributed by atoms with Gasteiger partial charge in [0.2, 0.25) is 0 Å². The van der Waals surface area contributed by atoms with Gasteiger partial charge in [-0.25, -0.2) is 19.3 Å². The molecule has 1 aromatic carbocycles. The predicted molar refractivity (Wildman–Crippen MR) is 109 cm³/mol. The maximum Gasteiger partial charge on any atom is 0.130 e. The number of rotatable bonds is 7. The van der Waals surface area contributed by atoms with Crippen LogP contribution >= 0.6 is 0 Å². The Morgan fingerprint density at radius 3 is 2.87 bits per heavy atom. The average molecular weight is 409 g/mol. The van der Waals surface area contributed by atoms with Crippen LogP contribution in [0.15, 0.2) is 49.1 Å². The summed E-state index contributed by atoms with van der Waals surface area (Å²) in [4.78, 5) is 20.1. The van der Waals surface area contributed by atoms with Gasteiger partial charge in [-0.05, 0) is 12.1 Å². The normalized spacial score (nSPS) is 17.2. The van der Waals surface area contributed by atoms with E-state index in [1.165, 1.54) is 12.1 Å². The van der Waals surface area contributed by atoms with Gasteiger partial charge in [0.05, 0.1) is 37.0 Å². The van der Waals surface area contributed by atoms with Crippen molar-refractivity contribution < 1.29 is 13.9 Å². The maximum atomic E-state index is 13.6. The third-order valence-corrected chi connectivity index (χ3v) is 4.95. The summed E-state index contributed by atoms with van der Waals surface area (Å²) < 4.78 is 24.6. The summed E-state index contributed by atoms with van der Waals surface area (Å²) >= 11 is 0. The van der Waals surface area contributed by atoms with Crippen molar-refractivity contribution >= 4 is 0 Å². The molecule has 1 aliphatic heterocycles. The van der Waals surface area contributed by atoms with Crippen molar-refractivity contribution in [1.29, 1.82) is 0 Å². The Hall–Kier alpha value is -2.81. The molecule has 0 saturated carbocycles. The number of nitrogens with zero attached hydrogens (tertiary/aromatic N) is 5.